The van der Waals surface area contributed by atoms with Crippen LogP contribution in [0.25, 0.3) is 0 Å². The van der Waals surface area contributed by atoms with E-state index in [1.807, 2.05) is 0 Å². The molecule has 0 radical (unpaired) electrons. The molecule has 3 rings (SSSR count). The lowest BCUT2D eigenvalue weighted by Crippen LogP contribution is -2.55. The molecule has 0 aliphatic carbocycles. The quantitative estimate of drug-likeness (QED) is 0.876. The van der Waals surface area contributed by atoms with Crippen LogP contribution in [0.5, 0.6) is 0 Å². The number of aryl methyl sites for hydroxylation is 1. The van der Waals surface area contributed by atoms with E-state index < -0.39 is 0 Å². The van der Waals surface area contributed by atoms with Gasteiger partial charge in [-0.1, -0.05) is 6.07 Å². The predicted octanol–water partition coefficient (Wildman–Crippen LogP) is 1.52. The first-order valence-electron chi connectivity index (χ1n) is 7.36. The van der Waals surface area contributed by atoms with Crippen LogP contribution in [0.4, 0.5) is 5.82 Å². The van der Waals surface area contributed by atoms with E-state index in [9.17, 15) is 0 Å². The van der Waals surface area contributed by atoms with Crippen LogP contribution in [0.15, 0.2) is 12.1 Å². The highest BCUT2D eigenvalue weighted by Gasteiger charge is 2.35. The summed E-state index contributed by atoms with van der Waals surface area (Å²) < 4.78 is 0. The Labute approximate surface area is 115 Å². The fraction of sp³-hybridized carbons (Fsp3) is 0.667. The van der Waals surface area contributed by atoms with Crippen LogP contribution >= 0.6 is 0 Å². The van der Waals surface area contributed by atoms with Gasteiger partial charge in [0.15, 0.2) is 0 Å². The van der Waals surface area contributed by atoms with Gasteiger partial charge in [0.1, 0.15) is 5.82 Å². The summed E-state index contributed by atoms with van der Waals surface area (Å²) in [7, 11) is 0. The van der Waals surface area contributed by atoms with Gasteiger partial charge in [0, 0.05) is 43.0 Å². The van der Waals surface area contributed by atoms with Gasteiger partial charge in [0.25, 0.3) is 0 Å². The number of piperazine rings is 1. The van der Waals surface area contributed by atoms with Crippen molar-refractivity contribution in [1.82, 2.24) is 9.88 Å². The zero-order valence-corrected chi connectivity index (χ0v) is 12.0. The van der Waals surface area contributed by atoms with E-state index in [1.165, 1.54) is 24.9 Å². The number of rotatable bonds is 2. The number of aromatic nitrogens is 1. The minimum atomic E-state index is 0.522. The van der Waals surface area contributed by atoms with Crippen molar-refractivity contribution in [3.8, 4) is 0 Å². The van der Waals surface area contributed by atoms with Crippen LogP contribution in [-0.4, -0.2) is 41.6 Å². The van der Waals surface area contributed by atoms with Crippen molar-refractivity contribution < 1.29 is 0 Å². The smallest absolute Gasteiger partial charge is 0.133 e. The largest absolute Gasteiger partial charge is 0.351 e. The lowest BCUT2D eigenvalue weighted by molar-refractivity contribution is 0.202. The highest BCUT2D eigenvalue weighted by molar-refractivity contribution is 5.49. The predicted molar refractivity (Wildman–Crippen MR) is 78.3 cm³/mol. The summed E-state index contributed by atoms with van der Waals surface area (Å²) in [6, 6.07) is 5.42. The molecule has 2 atom stereocenters. The molecule has 0 amide bonds. The van der Waals surface area contributed by atoms with E-state index in [0.29, 0.717) is 18.6 Å². The average molecular weight is 260 g/mol. The van der Waals surface area contributed by atoms with Gasteiger partial charge in [-0.3, -0.25) is 4.90 Å². The molecule has 1 aromatic rings. The summed E-state index contributed by atoms with van der Waals surface area (Å²) in [5, 5.41) is 0. The Morgan fingerprint density at radius 1 is 1.37 bits per heavy atom. The number of anilines is 1. The summed E-state index contributed by atoms with van der Waals surface area (Å²) in [5.41, 5.74) is 8.13. The van der Waals surface area contributed by atoms with Gasteiger partial charge in [0.05, 0.1) is 0 Å². The molecule has 4 heteroatoms. The summed E-state index contributed by atoms with van der Waals surface area (Å²) in [6.07, 6.45) is 2.67. The first-order valence-corrected chi connectivity index (χ1v) is 7.36. The second kappa shape index (κ2) is 5.10. The van der Waals surface area contributed by atoms with E-state index in [1.54, 1.807) is 0 Å². The molecule has 2 aliphatic heterocycles. The number of nitrogens with two attached hydrogens (primary N) is 1. The zero-order chi connectivity index (χ0) is 13.4. The molecule has 1 aromatic heterocycles. The number of hydrogen-bond acceptors (Lipinski definition) is 4. The fourth-order valence-electron chi connectivity index (χ4n) is 3.46. The van der Waals surface area contributed by atoms with Crippen LogP contribution < -0.4 is 10.6 Å². The third-order valence-corrected chi connectivity index (χ3v) is 4.52. The minimum absolute atomic E-state index is 0.522. The van der Waals surface area contributed by atoms with Crippen LogP contribution in [0.3, 0.4) is 0 Å². The monoisotopic (exact) mass is 260 g/mol. The summed E-state index contributed by atoms with van der Waals surface area (Å²) in [5.74, 6) is 1.11. The van der Waals surface area contributed by atoms with Crippen molar-refractivity contribution in [1.29, 1.82) is 0 Å². The molecule has 0 saturated carbocycles. The van der Waals surface area contributed by atoms with Crippen molar-refractivity contribution in [2.24, 2.45) is 5.73 Å². The van der Waals surface area contributed by atoms with E-state index in [2.05, 4.69) is 35.8 Å². The summed E-state index contributed by atoms with van der Waals surface area (Å²) >= 11 is 0. The van der Waals surface area contributed by atoms with Gasteiger partial charge < -0.3 is 10.6 Å². The Morgan fingerprint density at radius 3 is 3.00 bits per heavy atom. The normalized spacial score (nSPS) is 27.6. The van der Waals surface area contributed by atoms with E-state index in [0.717, 1.165) is 24.6 Å². The van der Waals surface area contributed by atoms with Gasteiger partial charge in [-0.25, -0.2) is 4.98 Å². The number of hydrogen-bond donors (Lipinski definition) is 1. The van der Waals surface area contributed by atoms with Crippen LogP contribution in [0.1, 0.15) is 31.0 Å². The molecule has 2 aliphatic rings. The fourth-order valence-corrected chi connectivity index (χ4v) is 3.46. The van der Waals surface area contributed by atoms with Crippen molar-refractivity contribution in [2.75, 3.05) is 24.5 Å². The van der Waals surface area contributed by atoms with E-state index >= 15 is 0 Å². The molecule has 104 valence electrons. The van der Waals surface area contributed by atoms with Crippen molar-refractivity contribution >= 4 is 5.82 Å². The number of nitrogens with zero attached hydrogens (tertiary/aromatic N) is 3. The Hall–Kier alpha value is -1.13. The van der Waals surface area contributed by atoms with Gasteiger partial charge in [-0.2, -0.15) is 0 Å². The van der Waals surface area contributed by atoms with Crippen molar-refractivity contribution in [2.45, 2.75) is 45.3 Å². The highest BCUT2D eigenvalue weighted by Crippen LogP contribution is 2.29. The molecule has 2 unspecified atom stereocenters. The lowest BCUT2D eigenvalue weighted by Gasteiger charge is -2.43. The number of pyridine rings is 1. The molecule has 0 bridgehead atoms. The molecule has 2 saturated heterocycles. The molecule has 2 N–H and O–H groups in total. The molecule has 19 heavy (non-hydrogen) atoms. The molecular weight excluding hydrogens is 236 g/mol. The first-order chi connectivity index (χ1) is 9.19. The van der Waals surface area contributed by atoms with Crippen molar-refractivity contribution in [3.63, 3.8) is 0 Å². The standard InChI is InChI=1S/C15H24N4/c1-11-5-6-13(8-16)15(17-11)19-10-14-4-3-7-18(14)9-12(19)2/h5-6,12,14H,3-4,7-10,16H2,1-2H3. The second-order valence-corrected chi connectivity index (χ2v) is 5.93. The van der Waals surface area contributed by atoms with Crippen LogP contribution in [0, 0.1) is 6.92 Å². The van der Waals surface area contributed by atoms with Gasteiger partial charge >= 0.3 is 0 Å². The minimum Gasteiger partial charge on any atom is -0.351 e. The van der Waals surface area contributed by atoms with Gasteiger partial charge in [-0.15, -0.1) is 0 Å². The summed E-state index contributed by atoms with van der Waals surface area (Å²) in [4.78, 5) is 9.87. The lowest BCUT2D eigenvalue weighted by atomic mass is 10.1. The molecule has 3 heterocycles. The maximum Gasteiger partial charge on any atom is 0.133 e. The molecule has 0 aromatic carbocycles. The maximum atomic E-state index is 5.88. The Kier molecular flexibility index (Phi) is 3.46. The SMILES string of the molecule is Cc1ccc(CN)c(N2CC3CCCN3CC2C)n1. The van der Waals surface area contributed by atoms with Crippen LogP contribution in [0.2, 0.25) is 0 Å². The maximum absolute atomic E-state index is 5.88. The van der Waals surface area contributed by atoms with E-state index in [4.69, 9.17) is 10.7 Å². The molecule has 4 nitrogen and oxygen atoms in total. The zero-order valence-electron chi connectivity index (χ0n) is 12.0. The Bertz CT molecular complexity index is 459. The highest BCUT2D eigenvalue weighted by atomic mass is 15.3. The topological polar surface area (TPSA) is 45.4 Å². The average Bonchev–Trinajstić information content (AvgIpc) is 2.84. The van der Waals surface area contributed by atoms with E-state index in [-0.39, 0.29) is 0 Å². The second-order valence-electron chi connectivity index (χ2n) is 5.93. The van der Waals surface area contributed by atoms with Gasteiger partial charge in [0.2, 0.25) is 0 Å². The third kappa shape index (κ3) is 2.35. The Balaban J connectivity index is 1.90. The molecule has 2 fully saturated rings. The first kappa shape index (κ1) is 12.9. The third-order valence-electron chi connectivity index (χ3n) is 4.52. The van der Waals surface area contributed by atoms with Gasteiger partial charge in [-0.05, 0) is 39.3 Å². The summed E-state index contributed by atoms with van der Waals surface area (Å²) in [6.45, 7) is 8.46. The Morgan fingerprint density at radius 2 is 2.21 bits per heavy atom. The van der Waals surface area contributed by atoms with Crippen LogP contribution in [-0.2, 0) is 6.54 Å². The number of fused-ring (bicyclic) bond motifs is 1. The molecule has 0 spiro atoms. The van der Waals surface area contributed by atoms with Crippen molar-refractivity contribution in [3.05, 3.63) is 23.4 Å². The molecular formula is C15H24N4.